The zero-order valence-electron chi connectivity index (χ0n) is 13.7. The Balaban J connectivity index is 1.79. The molecule has 0 aliphatic carbocycles. The van der Waals surface area contributed by atoms with E-state index in [1.165, 1.54) is 0 Å². The average Bonchev–Trinajstić information content (AvgIpc) is 2.54. The highest BCUT2D eigenvalue weighted by Crippen LogP contribution is 2.33. The van der Waals surface area contributed by atoms with Crippen LogP contribution in [-0.4, -0.2) is 29.2 Å². The minimum Gasteiger partial charge on any atom is -0.486 e. The Labute approximate surface area is 136 Å². The number of benzene rings is 1. The summed E-state index contributed by atoms with van der Waals surface area (Å²) in [6.07, 6.45) is 1.02. The zero-order valence-corrected chi connectivity index (χ0v) is 13.7. The van der Waals surface area contributed by atoms with E-state index >= 15 is 0 Å². The fourth-order valence-corrected chi connectivity index (χ4v) is 2.29. The number of rotatable bonds is 5. The Hall–Kier alpha value is -2.50. The molecule has 23 heavy (non-hydrogen) atoms. The van der Waals surface area contributed by atoms with Gasteiger partial charge in [-0.3, -0.25) is 0 Å². The second-order valence-corrected chi connectivity index (χ2v) is 5.66. The van der Waals surface area contributed by atoms with Crippen LogP contribution in [0.2, 0.25) is 0 Å². The van der Waals surface area contributed by atoms with Gasteiger partial charge in [0.15, 0.2) is 11.5 Å². The predicted octanol–water partition coefficient (Wildman–Crippen LogP) is 3.51. The third kappa shape index (κ3) is 3.83. The molecule has 1 aromatic heterocycles. The van der Waals surface area contributed by atoms with Crippen LogP contribution in [0.5, 0.6) is 11.5 Å². The molecule has 0 spiro atoms. The van der Waals surface area contributed by atoms with Gasteiger partial charge in [-0.1, -0.05) is 6.92 Å². The molecule has 1 aliphatic heterocycles. The summed E-state index contributed by atoms with van der Waals surface area (Å²) in [6, 6.07) is 8.03. The van der Waals surface area contributed by atoms with Gasteiger partial charge >= 0.3 is 0 Å². The van der Waals surface area contributed by atoms with Crippen molar-refractivity contribution in [2.75, 3.05) is 23.8 Å². The molecular formula is C17H22N4O2. The van der Waals surface area contributed by atoms with E-state index < -0.39 is 0 Å². The molecule has 6 heteroatoms. The summed E-state index contributed by atoms with van der Waals surface area (Å²) in [4.78, 5) is 8.95. The smallest absolute Gasteiger partial charge is 0.225 e. The normalized spacial score (nSPS) is 14.2. The summed E-state index contributed by atoms with van der Waals surface area (Å²) in [5.41, 5.74) is 1.81. The summed E-state index contributed by atoms with van der Waals surface area (Å²) >= 11 is 0. The van der Waals surface area contributed by atoms with Crippen molar-refractivity contribution >= 4 is 17.5 Å². The number of fused-ring (bicyclic) bond motifs is 1. The Bertz CT molecular complexity index is 690. The molecule has 2 heterocycles. The largest absolute Gasteiger partial charge is 0.486 e. The van der Waals surface area contributed by atoms with Crippen LogP contribution in [0.4, 0.5) is 17.5 Å². The lowest BCUT2D eigenvalue weighted by Crippen LogP contribution is -2.16. The van der Waals surface area contributed by atoms with Crippen molar-refractivity contribution in [2.45, 2.75) is 33.2 Å². The molecule has 0 amide bonds. The third-order valence-electron chi connectivity index (χ3n) is 3.66. The standard InChI is InChI=1S/C17H22N4O2/c1-4-11(2)18-17-19-12(3)9-16(21-17)20-13-5-6-14-15(10-13)23-8-7-22-14/h5-6,9-11H,4,7-8H2,1-3H3,(H2,18,19,20,21). The molecule has 3 rings (SSSR count). The molecular weight excluding hydrogens is 292 g/mol. The van der Waals surface area contributed by atoms with Crippen LogP contribution in [0.1, 0.15) is 26.0 Å². The van der Waals surface area contributed by atoms with Gasteiger partial charge < -0.3 is 20.1 Å². The van der Waals surface area contributed by atoms with Crippen LogP contribution in [0, 0.1) is 6.92 Å². The highest BCUT2D eigenvalue weighted by Gasteiger charge is 2.12. The number of aromatic nitrogens is 2. The molecule has 1 atom stereocenters. The minimum atomic E-state index is 0.332. The summed E-state index contributed by atoms with van der Waals surface area (Å²) in [5, 5.41) is 6.60. The molecule has 1 unspecified atom stereocenters. The first-order chi connectivity index (χ1) is 11.1. The number of anilines is 3. The Kier molecular flexibility index (Phi) is 4.50. The van der Waals surface area contributed by atoms with E-state index in [-0.39, 0.29) is 0 Å². The van der Waals surface area contributed by atoms with E-state index in [4.69, 9.17) is 9.47 Å². The Morgan fingerprint density at radius 1 is 1.13 bits per heavy atom. The fraction of sp³-hybridized carbons (Fsp3) is 0.412. The summed E-state index contributed by atoms with van der Waals surface area (Å²) in [7, 11) is 0. The number of ether oxygens (including phenoxy) is 2. The lowest BCUT2D eigenvalue weighted by atomic mass is 10.2. The lowest BCUT2D eigenvalue weighted by Gasteiger charge is -2.19. The van der Waals surface area contributed by atoms with E-state index in [1.807, 2.05) is 31.2 Å². The van der Waals surface area contributed by atoms with Crippen LogP contribution in [-0.2, 0) is 0 Å². The van der Waals surface area contributed by atoms with Crippen LogP contribution in [0.25, 0.3) is 0 Å². The number of hydrogen-bond acceptors (Lipinski definition) is 6. The van der Waals surface area contributed by atoms with Crippen LogP contribution in [0.15, 0.2) is 24.3 Å². The van der Waals surface area contributed by atoms with Crippen molar-refractivity contribution in [3.8, 4) is 11.5 Å². The maximum Gasteiger partial charge on any atom is 0.225 e. The Morgan fingerprint density at radius 3 is 2.70 bits per heavy atom. The number of nitrogens with zero attached hydrogens (tertiary/aromatic N) is 2. The van der Waals surface area contributed by atoms with Crippen molar-refractivity contribution in [3.63, 3.8) is 0 Å². The van der Waals surface area contributed by atoms with Gasteiger partial charge in [-0.2, -0.15) is 4.98 Å². The highest BCUT2D eigenvalue weighted by atomic mass is 16.6. The van der Waals surface area contributed by atoms with Gasteiger partial charge in [0.25, 0.3) is 0 Å². The van der Waals surface area contributed by atoms with Gasteiger partial charge in [-0.05, 0) is 32.4 Å². The quantitative estimate of drug-likeness (QED) is 0.880. The molecule has 122 valence electrons. The van der Waals surface area contributed by atoms with E-state index in [1.54, 1.807) is 0 Å². The van der Waals surface area contributed by atoms with Crippen molar-refractivity contribution in [3.05, 3.63) is 30.0 Å². The maximum absolute atomic E-state index is 5.61. The average molecular weight is 314 g/mol. The predicted molar refractivity (Wildman–Crippen MR) is 90.9 cm³/mol. The van der Waals surface area contributed by atoms with Gasteiger partial charge in [0, 0.05) is 29.6 Å². The van der Waals surface area contributed by atoms with Crippen LogP contribution >= 0.6 is 0 Å². The molecule has 1 aromatic carbocycles. The minimum absolute atomic E-state index is 0.332. The summed E-state index contributed by atoms with van der Waals surface area (Å²) in [6.45, 7) is 7.36. The van der Waals surface area contributed by atoms with E-state index in [0.717, 1.165) is 35.1 Å². The van der Waals surface area contributed by atoms with Crippen molar-refractivity contribution in [1.82, 2.24) is 9.97 Å². The van der Waals surface area contributed by atoms with E-state index in [2.05, 4.69) is 34.4 Å². The second-order valence-electron chi connectivity index (χ2n) is 5.66. The second kappa shape index (κ2) is 6.73. The molecule has 6 nitrogen and oxygen atoms in total. The molecule has 0 saturated carbocycles. The third-order valence-corrected chi connectivity index (χ3v) is 3.66. The molecule has 0 radical (unpaired) electrons. The number of nitrogens with one attached hydrogen (secondary N) is 2. The Morgan fingerprint density at radius 2 is 1.91 bits per heavy atom. The first kappa shape index (κ1) is 15.4. The monoisotopic (exact) mass is 314 g/mol. The number of aryl methyl sites for hydroxylation is 1. The molecule has 2 aromatic rings. The van der Waals surface area contributed by atoms with E-state index in [0.29, 0.717) is 25.2 Å². The van der Waals surface area contributed by atoms with Gasteiger partial charge in [-0.15, -0.1) is 0 Å². The van der Waals surface area contributed by atoms with Crippen LogP contribution < -0.4 is 20.1 Å². The first-order valence-corrected chi connectivity index (χ1v) is 7.93. The molecule has 0 fully saturated rings. The molecule has 2 N–H and O–H groups in total. The van der Waals surface area contributed by atoms with Gasteiger partial charge in [0.05, 0.1) is 0 Å². The fourth-order valence-electron chi connectivity index (χ4n) is 2.29. The summed E-state index contributed by atoms with van der Waals surface area (Å²) < 4.78 is 11.1. The SMILES string of the molecule is CCC(C)Nc1nc(C)cc(Nc2ccc3c(c2)OCCO3)n1. The van der Waals surface area contributed by atoms with Crippen LogP contribution in [0.3, 0.4) is 0 Å². The van der Waals surface area contributed by atoms with E-state index in [9.17, 15) is 0 Å². The zero-order chi connectivity index (χ0) is 16.2. The lowest BCUT2D eigenvalue weighted by molar-refractivity contribution is 0.171. The molecule has 0 bridgehead atoms. The van der Waals surface area contributed by atoms with Gasteiger partial charge in [-0.25, -0.2) is 4.98 Å². The van der Waals surface area contributed by atoms with Crippen molar-refractivity contribution in [2.24, 2.45) is 0 Å². The topological polar surface area (TPSA) is 68.3 Å². The number of hydrogen-bond donors (Lipinski definition) is 2. The molecule has 1 aliphatic rings. The highest BCUT2D eigenvalue weighted by molar-refractivity contribution is 5.62. The van der Waals surface area contributed by atoms with Gasteiger partial charge in [0.2, 0.25) is 5.95 Å². The van der Waals surface area contributed by atoms with Gasteiger partial charge in [0.1, 0.15) is 19.0 Å². The first-order valence-electron chi connectivity index (χ1n) is 7.93. The molecule has 0 saturated heterocycles. The summed E-state index contributed by atoms with van der Waals surface area (Å²) in [5.74, 6) is 2.92. The maximum atomic E-state index is 5.61. The van der Waals surface area contributed by atoms with Crippen molar-refractivity contribution < 1.29 is 9.47 Å². The van der Waals surface area contributed by atoms with Crippen molar-refractivity contribution in [1.29, 1.82) is 0 Å².